The molecule has 2 heterocycles. The van der Waals surface area contributed by atoms with Crippen LogP contribution in [0.2, 0.25) is 10.3 Å². The van der Waals surface area contributed by atoms with Crippen LogP contribution < -0.4 is 4.90 Å². The number of hydrogen-bond acceptors (Lipinski definition) is 4. The van der Waals surface area contributed by atoms with Crippen LogP contribution in [0.15, 0.2) is 35.7 Å². The molecular weight excluding hydrogens is 325 g/mol. The Morgan fingerprint density at radius 1 is 1.10 bits per heavy atom. The minimum absolute atomic E-state index is 0.149. The van der Waals surface area contributed by atoms with Crippen molar-refractivity contribution >= 4 is 50.6 Å². The molecule has 1 unspecified atom stereocenters. The number of rotatable bonds is 3. The molecule has 2 aromatic heterocycles. The van der Waals surface area contributed by atoms with E-state index in [9.17, 15) is 0 Å². The van der Waals surface area contributed by atoms with Crippen molar-refractivity contribution in [2.24, 2.45) is 0 Å². The second-order valence-corrected chi connectivity index (χ2v) is 6.46. The maximum Gasteiger partial charge on any atom is 0.225 e. The van der Waals surface area contributed by atoms with Gasteiger partial charge in [-0.05, 0) is 47.7 Å². The van der Waals surface area contributed by atoms with Crippen LogP contribution in [0.4, 0.5) is 5.82 Å². The van der Waals surface area contributed by atoms with Gasteiger partial charge in [-0.3, -0.25) is 0 Å². The molecular formula is C15H13Cl2N3S. The van der Waals surface area contributed by atoms with Crippen LogP contribution in [0.25, 0.3) is 10.2 Å². The molecule has 0 aliphatic heterocycles. The molecule has 3 rings (SSSR count). The van der Waals surface area contributed by atoms with Gasteiger partial charge in [0.2, 0.25) is 5.28 Å². The molecule has 0 saturated heterocycles. The van der Waals surface area contributed by atoms with Gasteiger partial charge in [-0.1, -0.05) is 23.7 Å². The number of anilines is 1. The Morgan fingerprint density at radius 2 is 1.81 bits per heavy atom. The fraction of sp³-hybridized carbons (Fsp3) is 0.200. The predicted molar refractivity (Wildman–Crippen MR) is 90.7 cm³/mol. The van der Waals surface area contributed by atoms with Gasteiger partial charge in [0.05, 0.1) is 11.4 Å². The van der Waals surface area contributed by atoms with E-state index in [2.05, 4.69) is 21.8 Å². The van der Waals surface area contributed by atoms with Gasteiger partial charge in [-0.25, -0.2) is 4.98 Å². The van der Waals surface area contributed by atoms with Crippen LogP contribution in [-0.4, -0.2) is 17.0 Å². The third-order valence-electron chi connectivity index (χ3n) is 3.55. The SMILES string of the molecule is CC(c1ccc(Cl)cc1)N(C)c1nc(Cl)nc2sccc12. The van der Waals surface area contributed by atoms with E-state index < -0.39 is 0 Å². The Balaban J connectivity index is 2.01. The van der Waals surface area contributed by atoms with E-state index in [0.29, 0.717) is 0 Å². The van der Waals surface area contributed by atoms with Gasteiger partial charge in [0, 0.05) is 12.1 Å². The second kappa shape index (κ2) is 5.79. The second-order valence-electron chi connectivity index (χ2n) is 4.79. The van der Waals surface area contributed by atoms with Crippen molar-refractivity contribution in [2.75, 3.05) is 11.9 Å². The number of fused-ring (bicyclic) bond motifs is 1. The van der Waals surface area contributed by atoms with Crippen molar-refractivity contribution < 1.29 is 0 Å². The fourth-order valence-corrected chi connectivity index (χ4v) is 3.33. The van der Waals surface area contributed by atoms with Crippen LogP contribution in [0.3, 0.4) is 0 Å². The standard InChI is InChI=1S/C15H13Cl2N3S/c1-9(10-3-5-11(16)6-4-10)20(2)13-12-7-8-21-14(12)19-15(17)18-13/h3-9H,1-2H3. The van der Waals surface area contributed by atoms with Gasteiger partial charge >= 0.3 is 0 Å². The molecule has 0 N–H and O–H groups in total. The average Bonchev–Trinajstić information content (AvgIpc) is 2.93. The van der Waals surface area contributed by atoms with Crippen molar-refractivity contribution in [2.45, 2.75) is 13.0 Å². The Kier molecular flexibility index (Phi) is 4.02. The Labute approximate surface area is 137 Å². The van der Waals surface area contributed by atoms with Crippen LogP contribution >= 0.6 is 34.5 Å². The number of benzene rings is 1. The zero-order valence-electron chi connectivity index (χ0n) is 11.5. The molecule has 6 heteroatoms. The molecule has 0 saturated carbocycles. The van der Waals surface area contributed by atoms with Crippen molar-refractivity contribution in [1.29, 1.82) is 0 Å². The minimum Gasteiger partial charge on any atom is -0.352 e. The van der Waals surface area contributed by atoms with Gasteiger partial charge in [-0.2, -0.15) is 4.98 Å². The lowest BCUT2D eigenvalue weighted by Crippen LogP contribution is -2.23. The summed E-state index contributed by atoms with van der Waals surface area (Å²) in [6, 6.07) is 10.0. The van der Waals surface area contributed by atoms with Crippen LogP contribution in [0, 0.1) is 0 Å². The number of hydrogen-bond donors (Lipinski definition) is 0. The maximum absolute atomic E-state index is 6.04. The van der Waals surface area contributed by atoms with Gasteiger partial charge in [0.1, 0.15) is 10.6 Å². The quantitative estimate of drug-likeness (QED) is 0.615. The first kappa shape index (κ1) is 14.6. The van der Waals surface area contributed by atoms with Crippen molar-refractivity contribution in [3.63, 3.8) is 0 Å². The number of aromatic nitrogens is 2. The molecule has 0 bridgehead atoms. The summed E-state index contributed by atoms with van der Waals surface area (Å²) in [6.45, 7) is 2.12. The molecule has 3 aromatic rings. The highest BCUT2D eigenvalue weighted by molar-refractivity contribution is 7.16. The monoisotopic (exact) mass is 337 g/mol. The van der Waals surface area contributed by atoms with Crippen LogP contribution in [-0.2, 0) is 0 Å². The zero-order valence-corrected chi connectivity index (χ0v) is 13.9. The Bertz CT molecular complexity index is 770. The van der Waals surface area contributed by atoms with Crippen molar-refractivity contribution in [3.05, 3.63) is 51.6 Å². The summed E-state index contributed by atoms with van der Waals surface area (Å²) in [6.07, 6.45) is 0. The maximum atomic E-state index is 6.04. The number of thiophene rings is 1. The van der Waals surface area contributed by atoms with E-state index >= 15 is 0 Å². The van der Waals surface area contributed by atoms with E-state index in [4.69, 9.17) is 23.2 Å². The van der Waals surface area contributed by atoms with Crippen LogP contribution in [0.5, 0.6) is 0 Å². The van der Waals surface area contributed by atoms with Crippen molar-refractivity contribution in [1.82, 2.24) is 9.97 Å². The molecule has 3 nitrogen and oxygen atoms in total. The minimum atomic E-state index is 0.149. The average molecular weight is 338 g/mol. The first-order valence-electron chi connectivity index (χ1n) is 6.45. The summed E-state index contributed by atoms with van der Waals surface area (Å²) in [5.74, 6) is 0.841. The lowest BCUT2D eigenvalue weighted by Gasteiger charge is -2.27. The zero-order chi connectivity index (χ0) is 15.0. The van der Waals surface area contributed by atoms with Crippen molar-refractivity contribution in [3.8, 4) is 0 Å². The summed E-state index contributed by atoms with van der Waals surface area (Å²) in [5, 5.41) is 4.03. The Morgan fingerprint density at radius 3 is 2.52 bits per heavy atom. The fourth-order valence-electron chi connectivity index (χ4n) is 2.23. The lowest BCUT2D eigenvalue weighted by atomic mass is 10.1. The molecule has 0 aliphatic carbocycles. The Hall–Kier alpha value is -1.36. The normalized spacial score (nSPS) is 12.6. The van der Waals surface area contributed by atoms with Gasteiger partial charge in [0.15, 0.2) is 0 Å². The van der Waals surface area contributed by atoms with E-state index in [1.54, 1.807) is 11.3 Å². The summed E-state index contributed by atoms with van der Waals surface area (Å²) >= 11 is 13.5. The van der Waals surface area contributed by atoms with Crippen LogP contribution in [0.1, 0.15) is 18.5 Å². The smallest absolute Gasteiger partial charge is 0.225 e. The third kappa shape index (κ3) is 2.84. The highest BCUT2D eigenvalue weighted by Gasteiger charge is 2.18. The summed E-state index contributed by atoms with van der Waals surface area (Å²) in [5.41, 5.74) is 1.17. The van der Waals surface area contributed by atoms with E-state index in [-0.39, 0.29) is 11.3 Å². The summed E-state index contributed by atoms with van der Waals surface area (Å²) in [4.78, 5) is 11.7. The molecule has 1 aromatic carbocycles. The molecule has 1 atom stereocenters. The summed E-state index contributed by atoms with van der Waals surface area (Å²) < 4.78 is 0. The molecule has 0 fully saturated rings. The molecule has 0 amide bonds. The van der Waals surface area contributed by atoms with E-state index in [0.717, 1.165) is 21.1 Å². The third-order valence-corrected chi connectivity index (χ3v) is 4.77. The van der Waals surface area contributed by atoms with E-state index in [1.807, 2.05) is 42.8 Å². The van der Waals surface area contributed by atoms with Gasteiger partial charge < -0.3 is 4.90 Å². The summed E-state index contributed by atoms with van der Waals surface area (Å²) in [7, 11) is 2.01. The molecule has 0 radical (unpaired) electrons. The topological polar surface area (TPSA) is 29.0 Å². The largest absolute Gasteiger partial charge is 0.352 e. The number of nitrogens with zero attached hydrogens (tertiary/aromatic N) is 3. The lowest BCUT2D eigenvalue weighted by molar-refractivity contribution is 0.731. The first-order valence-corrected chi connectivity index (χ1v) is 8.09. The first-order chi connectivity index (χ1) is 10.1. The molecule has 21 heavy (non-hydrogen) atoms. The highest BCUT2D eigenvalue weighted by Crippen LogP contribution is 2.32. The van der Waals surface area contributed by atoms with E-state index in [1.165, 1.54) is 5.56 Å². The molecule has 0 aliphatic rings. The highest BCUT2D eigenvalue weighted by atomic mass is 35.5. The number of halogens is 2. The predicted octanol–water partition coefficient (Wildman–Crippen LogP) is 5.20. The van der Waals surface area contributed by atoms with Gasteiger partial charge in [-0.15, -0.1) is 11.3 Å². The molecule has 0 spiro atoms. The van der Waals surface area contributed by atoms with Gasteiger partial charge in [0.25, 0.3) is 0 Å². The molecule has 108 valence electrons.